The Bertz CT molecular complexity index is 638. The van der Waals surface area contributed by atoms with Crippen LogP contribution in [0.15, 0.2) is 48.5 Å². The minimum absolute atomic E-state index is 0.0527. The molecule has 0 aliphatic rings. The third kappa shape index (κ3) is 4.52. The van der Waals surface area contributed by atoms with E-state index < -0.39 is 0 Å². The van der Waals surface area contributed by atoms with Gasteiger partial charge in [0.2, 0.25) is 5.91 Å². The third-order valence-electron chi connectivity index (χ3n) is 3.20. The first kappa shape index (κ1) is 15.9. The number of hydrogen-bond acceptors (Lipinski definition) is 3. The van der Waals surface area contributed by atoms with Gasteiger partial charge in [-0.05, 0) is 44.0 Å². The lowest BCUT2D eigenvalue weighted by atomic mass is 10.1. The number of benzene rings is 2. The number of nitrogens with two attached hydrogens (primary N) is 1. The minimum atomic E-state index is -0.0527. The predicted octanol–water partition coefficient (Wildman–Crippen LogP) is 3.63. The fourth-order valence-corrected chi connectivity index (χ4v) is 2.15. The molecule has 2 rings (SSSR count). The van der Waals surface area contributed by atoms with Crippen LogP contribution in [0.2, 0.25) is 0 Å². The molecule has 0 bridgehead atoms. The van der Waals surface area contributed by atoms with Gasteiger partial charge in [-0.1, -0.05) is 30.3 Å². The molecule has 0 saturated carbocycles. The van der Waals surface area contributed by atoms with Gasteiger partial charge < -0.3 is 15.8 Å². The number of anilines is 2. The Kier molecular flexibility index (Phi) is 5.42. The maximum atomic E-state index is 12.1. The Hall–Kier alpha value is -2.49. The highest BCUT2D eigenvalue weighted by Gasteiger charge is 2.09. The fraction of sp³-hybridized carbons (Fsp3) is 0.278. The minimum Gasteiger partial charge on any atom is -0.489 e. The van der Waals surface area contributed by atoms with E-state index in [0.29, 0.717) is 24.3 Å². The van der Waals surface area contributed by atoms with Crippen molar-refractivity contribution in [2.45, 2.75) is 32.8 Å². The first-order valence-electron chi connectivity index (χ1n) is 7.45. The van der Waals surface area contributed by atoms with Gasteiger partial charge >= 0.3 is 0 Å². The molecule has 0 aliphatic heterocycles. The number of nitrogens with one attached hydrogen (secondary N) is 1. The monoisotopic (exact) mass is 298 g/mol. The summed E-state index contributed by atoms with van der Waals surface area (Å²) in [5.41, 5.74) is 8.29. The Balaban J connectivity index is 1.96. The van der Waals surface area contributed by atoms with Crippen LogP contribution in [0.4, 0.5) is 11.4 Å². The second kappa shape index (κ2) is 7.50. The van der Waals surface area contributed by atoms with Gasteiger partial charge in [-0.25, -0.2) is 0 Å². The normalized spacial score (nSPS) is 10.5. The third-order valence-corrected chi connectivity index (χ3v) is 3.20. The van der Waals surface area contributed by atoms with E-state index in [-0.39, 0.29) is 12.0 Å². The molecule has 0 aromatic heterocycles. The average Bonchev–Trinajstić information content (AvgIpc) is 2.48. The van der Waals surface area contributed by atoms with E-state index in [1.807, 2.05) is 62.4 Å². The number of rotatable bonds is 6. The van der Waals surface area contributed by atoms with Gasteiger partial charge in [-0.2, -0.15) is 0 Å². The van der Waals surface area contributed by atoms with Crippen molar-refractivity contribution < 1.29 is 9.53 Å². The first-order chi connectivity index (χ1) is 10.6. The molecule has 0 fully saturated rings. The van der Waals surface area contributed by atoms with Crippen molar-refractivity contribution in [3.8, 4) is 5.75 Å². The quantitative estimate of drug-likeness (QED) is 0.800. The molecular weight excluding hydrogens is 276 g/mol. The molecular formula is C18H22N2O2. The fourth-order valence-electron chi connectivity index (χ4n) is 2.15. The summed E-state index contributed by atoms with van der Waals surface area (Å²) in [4.78, 5) is 12.1. The zero-order valence-electron chi connectivity index (χ0n) is 13.0. The molecule has 0 radical (unpaired) electrons. The highest BCUT2D eigenvalue weighted by molar-refractivity contribution is 5.92. The van der Waals surface area contributed by atoms with Crippen LogP contribution < -0.4 is 15.8 Å². The zero-order chi connectivity index (χ0) is 15.9. The molecule has 0 aliphatic carbocycles. The van der Waals surface area contributed by atoms with E-state index in [0.717, 1.165) is 11.3 Å². The molecule has 1 amide bonds. The lowest BCUT2D eigenvalue weighted by Gasteiger charge is -2.14. The molecule has 2 aromatic carbocycles. The number of amides is 1. The van der Waals surface area contributed by atoms with Crippen LogP contribution in [-0.2, 0) is 11.2 Å². The summed E-state index contributed by atoms with van der Waals surface area (Å²) in [6.07, 6.45) is 1.05. The van der Waals surface area contributed by atoms with Gasteiger partial charge in [-0.15, -0.1) is 0 Å². The van der Waals surface area contributed by atoms with Crippen LogP contribution in [-0.4, -0.2) is 12.0 Å². The molecule has 0 saturated heterocycles. The lowest BCUT2D eigenvalue weighted by molar-refractivity contribution is -0.116. The van der Waals surface area contributed by atoms with Crippen molar-refractivity contribution in [3.05, 3.63) is 54.1 Å². The van der Waals surface area contributed by atoms with E-state index in [4.69, 9.17) is 10.5 Å². The van der Waals surface area contributed by atoms with Crippen LogP contribution >= 0.6 is 0 Å². The van der Waals surface area contributed by atoms with Crippen molar-refractivity contribution in [2.75, 3.05) is 11.1 Å². The maximum Gasteiger partial charge on any atom is 0.224 e. The Morgan fingerprint density at radius 2 is 1.82 bits per heavy atom. The summed E-state index contributed by atoms with van der Waals surface area (Å²) < 4.78 is 5.69. The number of para-hydroxylation sites is 3. The second-order valence-electron chi connectivity index (χ2n) is 5.41. The van der Waals surface area contributed by atoms with Gasteiger partial charge in [0.15, 0.2) is 0 Å². The topological polar surface area (TPSA) is 64.3 Å². The molecule has 0 unspecified atom stereocenters. The largest absolute Gasteiger partial charge is 0.489 e. The molecule has 0 spiro atoms. The van der Waals surface area contributed by atoms with Crippen molar-refractivity contribution in [1.82, 2.24) is 0 Å². The molecule has 3 N–H and O–H groups in total. The Morgan fingerprint density at radius 1 is 1.14 bits per heavy atom. The van der Waals surface area contributed by atoms with Crippen molar-refractivity contribution in [2.24, 2.45) is 0 Å². The van der Waals surface area contributed by atoms with Crippen molar-refractivity contribution in [1.29, 1.82) is 0 Å². The van der Waals surface area contributed by atoms with Gasteiger partial charge in [0.1, 0.15) is 5.75 Å². The van der Waals surface area contributed by atoms with E-state index in [1.165, 1.54) is 0 Å². The Morgan fingerprint density at radius 3 is 2.55 bits per heavy atom. The van der Waals surface area contributed by atoms with E-state index >= 15 is 0 Å². The first-order valence-corrected chi connectivity index (χ1v) is 7.45. The Labute approximate surface area is 131 Å². The van der Waals surface area contributed by atoms with E-state index in [9.17, 15) is 4.79 Å². The number of carbonyl (C=O) groups excluding carboxylic acids is 1. The lowest BCUT2D eigenvalue weighted by Crippen LogP contribution is -2.15. The van der Waals surface area contributed by atoms with E-state index in [2.05, 4.69) is 5.32 Å². The summed E-state index contributed by atoms with van der Waals surface area (Å²) in [6, 6.07) is 15.1. The smallest absolute Gasteiger partial charge is 0.224 e. The number of aryl methyl sites for hydroxylation is 1. The summed E-state index contributed by atoms with van der Waals surface area (Å²) in [6.45, 7) is 3.91. The predicted molar refractivity (Wildman–Crippen MR) is 90.0 cm³/mol. The summed E-state index contributed by atoms with van der Waals surface area (Å²) in [7, 11) is 0. The zero-order valence-corrected chi connectivity index (χ0v) is 13.0. The molecule has 4 heteroatoms. The summed E-state index contributed by atoms with van der Waals surface area (Å²) in [5.74, 6) is 0.633. The number of ether oxygens (including phenoxy) is 1. The molecule has 0 atom stereocenters. The second-order valence-corrected chi connectivity index (χ2v) is 5.41. The van der Waals surface area contributed by atoms with Gasteiger partial charge in [0.25, 0.3) is 0 Å². The van der Waals surface area contributed by atoms with Crippen LogP contribution in [0, 0.1) is 0 Å². The molecule has 116 valence electrons. The summed E-state index contributed by atoms with van der Waals surface area (Å²) in [5, 5.41) is 2.90. The van der Waals surface area contributed by atoms with Crippen molar-refractivity contribution >= 4 is 17.3 Å². The van der Waals surface area contributed by atoms with Crippen LogP contribution in [0.3, 0.4) is 0 Å². The highest BCUT2D eigenvalue weighted by atomic mass is 16.5. The molecule has 0 heterocycles. The molecule has 22 heavy (non-hydrogen) atoms. The van der Waals surface area contributed by atoms with Crippen LogP contribution in [0.5, 0.6) is 5.75 Å². The SMILES string of the molecule is CC(C)Oc1ccccc1NC(=O)CCc1ccccc1N. The standard InChI is InChI=1S/C18H22N2O2/c1-13(2)22-17-10-6-5-9-16(17)20-18(21)12-11-14-7-3-4-8-15(14)19/h3-10,13H,11-12,19H2,1-2H3,(H,20,21). The summed E-state index contributed by atoms with van der Waals surface area (Å²) >= 11 is 0. The van der Waals surface area contributed by atoms with Crippen LogP contribution in [0.25, 0.3) is 0 Å². The van der Waals surface area contributed by atoms with Gasteiger partial charge in [-0.3, -0.25) is 4.79 Å². The van der Waals surface area contributed by atoms with Crippen LogP contribution in [0.1, 0.15) is 25.8 Å². The molecule has 4 nitrogen and oxygen atoms in total. The number of carbonyl (C=O) groups is 1. The number of hydrogen-bond donors (Lipinski definition) is 2. The highest BCUT2D eigenvalue weighted by Crippen LogP contribution is 2.25. The van der Waals surface area contributed by atoms with Crippen molar-refractivity contribution in [3.63, 3.8) is 0 Å². The molecule has 2 aromatic rings. The van der Waals surface area contributed by atoms with E-state index in [1.54, 1.807) is 0 Å². The van der Waals surface area contributed by atoms with Gasteiger partial charge in [0.05, 0.1) is 11.8 Å². The number of nitrogen functional groups attached to an aromatic ring is 1. The van der Waals surface area contributed by atoms with Gasteiger partial charge in [0, 0.05) is 12.1 Å². The maximum absolute atomic E-state index is 12.1. The average molecular weight is 298 g/mol.